The van der Waals surface area contributed by atoms with Crippen LogP contribution in [0.2, 0.25) is 0 Å². The van der Waals surface area contributed by atoms with Crippen molar-refractivity contribution in [1.29, 1.82) is 5.41 Å². The zero-order valence-electron chi connectivity index (χ0n) is 29.8. The lowest BCUT2D eigenvalue weighted by Crippen LogP contribution is -2.58. The molecule has 0 spiro atoms. The van der Waals surface area contributed by atoms with Crippen LogP contribution in [0, 0.1) is 5.41 Å². The number of guanidine groups is 1. The van der Waals surface area contributed by atoms with E-state index >= 15 is 0 Å². The van der Waals surface area contributed by atoms with E-state index in [2.05, 4.69) is 26.3 Å². The van der Waals surface area contributed by atoms with Gasteiger partial charge in [-0.15, -0.1) is 0 Å². The van der Waals surface area contributed by atoms with E-state index < -0.39 is 47.8 Å². The number of anilines is 1. The number of amides is 4. The van der Waals surface area contributed by atoms with Gasteiger partial charge in [0.2, 0.25) is 17.7 Å². The van der Waals surface area contributed by atoms with Gasteiger partial charge >= 0.3 is 0 Å². The van der Waals surface area contributed by atoms with Crippen LogP contribution in [0.3, 0.4) is 0 Å². The van der Waals surface area contributed by atoms with Gasteiger partial charge in [0.15, 0.2) is 5.96 Å². The van der Waals surface area contributed by atoms with Gasteiger partial charge in [-0.25, -0.2) is 0 Å². The number of nitrogen functional groups attached to an aromatic ring is 2. The summed E-state index contributed by atoms with van der Waals surface area (Å²) in [6.45, 7) is 2.21. The average Bonchev–Trinajstić information content (AvgIpc) is 3.14. The van der Waals surface area contributed by atoms with Gasteiger partial charge in [-0.05, 0) is 60.7 Å². The SMILES string of the molecule is CCCC[C@H](NC(=O)c1ccccc1)C(=O)N[C@@H](Cc1ccc(N)cc1)C(=O)N[C@@H](Cc1cccc(C(=N)N)c1)C(=O)N[C@H](C=O)CCCN=C(N)N. The number of nitrogens with zero attached hydrogens (tertiary/aromatic N) is 1. The lowest BCUT2D eigenvalue weighted by atomic mass is 10.00. The summed E-state index contributed by atoms with van der Waals surface area (Å²) in [5, 5.41) is 18.9. The Morgan fingerprint density at radius 3 is 1.92 bits per heavy atom. The second kappa shape index (κ2) is 21.2. The fourth-order valence-corrected chi connectivity index (χ4v) is 5.44. The maximum absolute atomic E-state index is 14.2. The number of carbonyl (C=O) groups excluding carboxylic acids is 5. The highest BCUT2D eigenvalue weighted by molar-refractivity contribution is 5.99. The van der Waals surface area contributed by atoms with E-state index in [-0.39, 0.29) is 37.6 Å². The number of rotatable bonds is 21. The first kappa shape index (κ1) is 41.2. The maximum atomic E-state index is 14.2. The number of hydrogen-bond donors (Lipinski definition) is 9. The molecule has 53 heavy (non-hydrogen) atoms. The Labute approximate surface area is 309 Å². The van der Waals surface area contributed by atoms with Crippen LogP contribution in [0.15, 0.2) is 83.9 Å². The highest BCUT2D eigenvalue weighted by Gasteiger charge is 2.31. The summed E-state index contributed by atoms with van der Waals surface area (Å²) in [6, 6.07) is 17.7. The number of hydrogen-bond acceptors (Lipinski definition) is 8. The summed E-state index contributed by atoms with van der Waals surface area (Å²) in [7, 11) is 0. The molecule has 0 radical (unpaired) electrons. The van der Waals surface area contributed by atoms with Crippen molar-refractivity contribution in [3.05, 3.63) is 101 Å². The highest BCUT2D eigenvalue weighted by Crippen LogP contribution is 2.13. The fraction of sp³-hybridized carbons (Fsp3) is 0.342. The molecule has 0 saturated carbocycles. The van der Waals surface area contributed by atoms with E-state index in [1.807, 2.05) is 6.92 Å². The summed E-state index contributed by atoms with van der Waals surface area (Å²) in [5.41, 5.74) is 24.9. The van der Waals surface area contributed by atoms with Gasteiger partial charge < -0.3 is 49.0 Å². The molecule has 13 N–H and O–H groups in total. The number of benzene rings is 3. The number of carbonyl (C=O) groups is 5. The van der Waals surface area contributed by atoms with E-state index in [9.17, 15) is 24.0 Å². The highest BCUT2D eigenvalue weighted by atomic mass is 16.2. The quantitative estimate of drug-likeness (QED) is 0.0249. The molecule has 0 saturated heterocycles. The standard InChI is InChI=1S/C38H50N10O5/c1-2-3-14-30(46-34(50)26-10-5-4-6-11-26)35(51)47-31(21-24-15-17-28(39)18-16-24)37(53)48-32(22-25-9-7-12-27(20-25)33(40)41)36(52)45-29(23-49)13-8-19-44-38(42)43/h4-7,9-12,15-18,20,23,29-32H,2-3,8,13-14,19,21-22,39H2,1H3,(H3,40,41)(H,45,52)(H,46,50)(H,47,51)(H,48,53)(H4,42,43,44)/t29-,30-,31-,32-/m0/s1. The lowest BCUT2D eigenvalue weighted by molar-refractivity contribution is -0.133. The van der Waals surface area contributed by atoms with Gasteiger partial charge in [-0.3, -0.25) is 29.6 Å². The predicted octanol–water partition coefficient (Wildman–Crippen LogP) is 1.03. The molecule has 0 aliphatic rings. The Morgan fingerprint density at radius 2 is 1.32 bits per heavy atom. The van der Waals surface area contributed by atoms with E-state index in [4.69, 9.17) is 28.3 Å². The molecule has 282 valence electrons. The average molecular weight is 727 g/mol. The third-order valence-electron chi connectivity index (χ3n) is 8.33. The van der Waals surface area contributed by atoms with Crippen molar-refractivity contribution in [2.75, 3.05) is 12.3 Å². The van der Waals surface area contributed by atoms with Gasteiger partial charge in [0.1, 0.15) is 30.2 Å². The summed E-state index contributed by atoms with van der Waals surface area (Å²) < 4.78 is 0. The maximum Gasteiger partial charge on any atom is 0.251 e. The summed E-state index contributed by atoms with van der Waals surface area (Å²) in [6.07, 6.45) is 2.93. The molecule has 3 aromatic rings. The minimum Gasteiger partial charge on any atom is -0.399 e. The van der Waals surface area contributed by atoms with Crippen LogP contribution in [0.5, 0.6) is 0 Å². The topological polar surface area (TPSA) is 274 Å². The first-order valence-corrected chi connectivity index (χ1v) is 17.5. The molecule has 0 unspecified atom stereocenters. The van der Waals surface area contributed by atoms with Crippen LogP contribution in [0.4, 0.5) is 5.69 Å². The van der Waals surface area contributed by atoms with Crippen molar-refractivity contribution in [1.82, 2.24) is 21.3 Å². The molecule has 4 atom stereocenters. The zero-order valence-corrected chi connectivity index (χ0v) is 29.8. The summed E-state index contributed by atoms with van der Waals surface area (Å²) >= 11 is 0. The van der Waals surface area contributed by atoms with Crippen molar-refractivity contribution in [3.63, 3.8) is 0 Å². The summed E-state index contributed by atoms with van der Waals surface area (Å²) in [4.78, 5) is 70.7. The molecule has 15 heteroatoms. The van der Waals surface area contributed by atoms with Crippen LogP contribution in [0.1, 0.15) is 66.1 Å². The Morgan fingerprint density at radius 1 is 0.717 bits per heavy atom. The Hall–Kier alpha value is -6.25. The number of aldehydes is 1. The molecule has 0 heterocycles. The monoisotopic (exact) mass is 726 g/mol. The Kier molecular flexibility index (Phi) is 16.5. The minimum atomic E-state index is -1.22. The molecular formula is C38H50N10O5. The first-order chi connectivity index (χ1) is 25.4. The zero-order chi connectivity index (χ0) is 38.8. The predicted molar refractivity (Wildman–Crippen MR) is 205 cm³/mol. The van der Waals surface area contributed by atoms with Crippen LogP contribution in [-0.2, 0) is 32.0 Å². The second-order valence-corrected chi connectivity index (χ2v) is 12.6. The van der Waals surface area contributed by atoms with Crippen LogP contribution in [0.25, 0.3) is 0 Å². The molecule has 4 amide bonds. The molecule has 3 aromatic carbocycles. The Bertz CT molecular complexity index is 1730. The molecule has 0 fully saturated rings. The first-order valence-electron chi connectivity index (χ1n) is 17.5. The molecule has 0 aromatic heterocycles. The van der Waals surface area contributed by atoms with Gasteiger partial charge in [-0.1, -0.05) is 68.3 Å². The molecule has 0 bridgehead atoms. The fourth-order valence-electron chi connectivity index (χ4n) is 5.44. The number of nitrogens with one attached hydrogen (secondary N) is 5. The lowest BCUT2D eigenvalue weighted by Gasteiger charge is -2.26. The van der Waals surface area contributed by atoms with Crippen molar-refractivity contribution in [3.8, 4) is 0 Å². The van der Waals surface area contributed by atoms with Gasteiger partial charge in [0.25, 0.3) is 5.91 Å². The number of amidine groups is 1. The van der Waals surface area contributed by atoms with Gasteiger partial charge in [0, 0.05) is 36.2 Å². The van der Waals surface area contributed by atoms with E-state index in [1.165, 1.54) is 0 Å². The van der Waals surface area contributed by atoms with Crippen LogP contribution >= 0.6 is 0 Å². The van der Waals surface area contributed by atoms with Crippen molar-refractivity contribution in [2.24, 2.45) is 22.2 Å². The smallest absolute Gasteiger partial charge is 0.251 e. The summed E-state index contributed by atoms with van der Waals surface area (Å²) in [5.74, 6) is -2.62. The number of nitrogens with two attached hydrogens (primary N) is 4. The van der Waals surface area contributed by atoms with Gasteiger partial charge in [-0.2, -0.15) is 0 Å². The third kappa shape index (κ3) is 14.1. The van der Waals surface area contributed by atoms with Crippen molar-refractivity contribution in [2.45, 2.75) is 76.0 Å². The molecule has 0 aliphatic heterocycles. The van der Waals surface area contributed by atoms with Crippen molar-refractivity contribution >= 4 is 47.4 Å². The normalized spacial score (nSPS) is 12.9. The van der Waals surface area contributed by atoms with E-state index in [0.29, 0.717) is 53.5 Å². The number of unbranched alkanes of at least 4 members (excludes halogenated alkanes) is 1. The third-order valence-corrected chi connectivity index (χ3v) is 8.33. The van der Waals surface area contributed by atoms with E-state index in [1.54, 1.807) is 78.9 Å². The molecule has 15 nitrogen and oxygen atoms in total. The van der Waals surface area contributed by atoms with Gasteiger partial charge in [0.05, 0.1) is 6.04 Å². The molecule has 0 aliphatic carbocycles. The largest absolute Gasteiger partial charge is 0.399 e. The van der Waals surface area contributed by atoms with Crippen LogP contribution in [-0.4, -0.2) is 72.4 Å². The van der Waals surface area contributed by atoms with E-state index in [0.717, 1.165) is 6.42 Å². The second-order valence-electron chi connectivity index (χ2n) is 12.6. The molecule has 3 rings (SSSR count). The minimum absolute atomic E-state index is 0.0287. The molecular weight excluding hydrogens is 676 g/mol. The number of aliphatic imine (C=N–C) groups is 1. The van der Waals surface area contributed by atoms with Crippen molar-refractivity contribution < 1.29 is 24.0 Å². The Balaban J connectivity index is 1.91. The van der Waals surface area contributed by atoms with Crippen LogP contribution < -0.4 is 44.2 Å².